The Kier molecular flexibility index (Phi) is 4.56. The number of nitrogens with one attached hydrogen (secondary N) is 1. The number of fused-ring (bicyclic) bond motifs is 1. The molecule has 2 N–H and O–H groups in total. The van der Waals surface area contributed by atoms with Crippen molar-refractivity contribution in [1.29, 1.82) is 0 Å². The van der Waals surface area contributed by atoms with Crippen LogP contribution in [-0.2, 0) is 17.6 Å². The Morgan fingerprint density at radius 2 is 1.81 bits per heavy atom. The molecule has 1 fully saturated rings. The first-order valence-corrected chi connectivity index (χ1v) is 6.90. The van der Waals surface area contributed by atoms with E-state index in [1.54, 1.807) is 16.7 Å². The second-order valence-electron chi connectivity index (χ2n) is 5.48. The Bertz CT molecular complexity index is 522. The molecule has 3 nitrogen and oxygen atoms in total. The van der Waals surface area contributed by atoms with Gasteiger partial charge in [-0.1, -0.05) is 18.2 Å². The quantitative estimate of drug-likeness (QED) is 0.883. The first kappa shape index (κ1) is 15.8. The lowest BCUT2D eigenvalue weighted by molar-refractivity contribution is -0.192. The summed E-state index contributed by atoms with van der Waals surface area (Å²) in [5.41, 5.74) is 4.77. The molecular weight excluding hydrogens is 283 g/mol. The molecule has 0 aromatic heterocycles. The highest BCUT2D eigenvalue weighted by Crippen LogP contribution is 2.38. The Labute approximate surface area is 121 Å². The van der Waals surface area contributed by atoms with Crippen molar-refractivity contribution in [3.05, 3.63) is 34.9 Å². The second-order valence-corrected chi connectivity index (χ2v) is 5.48. The molecule has 0 unspecified atom stereocenters. The smallest absolute Gasteiger partial charge is 0.475 e. The number of benzene rings is 1. The number of aryl methyl sites for hydroxylation is 2. The number of rotatable bonds is 2. The van der Waals surface area contributed by atoms with E-state index >= 15 is 0 Å². The summed E-state index contributed by atoms with van der Waals surface area (Å²) >= 11 is 0. The Balaban J connectivity index is 0.000000199. The molecule has 2 aliphatic rings. The highest BCUT2D eigenvalue weighted by Gasteiger charge is 2.38. The number of hydrogen-bond acceptors (Lipinski definition) is 2. The van der Waals surface area contributed by atoms with Crippen LogP contribution in [0.1, 0.15) is 35.4 Å². The highest BCUT2D eigenvalue weighted by molar-refractivity contribution is 5.73. The van der Waals surface area contributed by atoms with Crippen LogP contribution >= 0.6 is 0 Å². The van der Waals surface area contributed by atoms with E-state index in [-0.39, 0.29) is 0 Å². The Morgan fingerprint density at radius 3 is 2.19 bits per heavy atom. The van der Waals surface area contributed by atoms with Gasteiger partial charge in [-0.25, -0.2) is 4.79 Å². The number of aliphatic carboxylic acids is 1. The SMILES string of the molecule is CNC1CC(c2ccc3c(c2)CC3)C1.O=C(O)C(F)(F)F. The summed E-state index contributed by atoms with van der Waals surface area (Å²) in [7, 11) is 2.07. The van der Waals surface area contributed by atoms with Crippen LogP contribution in [0, 0.1) is 0 Å². The van der Waals surface area contributed by atoms with Crippen LogP contribution in [0.3, 0.4) is 0 Å². The summed E-state index contributed by atoms with van der Waals surface area (Å²) in [5.74, 6) is -1.93. The molecule has 116 valence electrons. The van der Waals surface area contributed by atoms with Crippen LogP contribution in [0.25, 0.3) is 0 Å². The summed E-state index contributed by atoms with van der Waals surface area (Å²) < 4.78 is 31.7. The zero-order valence-electron chi connectivity index (χ0n) is 11.7. The molecular formula is C15H18F3NO2. The van der Waals surface area contributed by atoms with Gasteiger partial charge in [0.1, 0.15) is 0 Å². The first-order chi connectivity index (χ1) is 9.81. The van der Waals surface area contributed by atoms with Crippen molar-refractivity contribution in [1.82, 2.24) is 5.32 Å². The summed E-state index contributed by atoms with van der Waals surface area (Å²) in [6, 6.07) is 7.89. The van der Waals surface area contributed by atoms with E-state index in [4.69, 9.17) is 9.90 Å². The minimum absolute atomic E-state index is 0.770. The lowest BCUT2D eigenvalue weighted by Gasteiger charge is -2.36. The van der Waals surface area contributed by atoms with Crippen LogP contribution in [0.5, 0.6) is 0 Å². The molecule has 3 rings (SSSR count). The maximum Gasteiger partial charge on any atom is 0.490 e. The van der Waals surface area contributed by atoms with E-state index in [1.165, 1.54) is 25.7 Å². The number of carboxylic acids is 1. The number of carboxylic acid groups (broad SMARTS) is 1. The van der Waals surface area contributed by atoms with Gasteiger partial charge < -0.3 is 10.4 Å². The van der Waals surface area contributed by atoms with Crippen molar-refractivity contribution < 1.29 is 23.1 Å². The van der Waals surface area contributed by atoms with E-state index in [1.807, 2.05) is 0 Å². The second kappa shape index (κ2) is 6.05. The number of carbonyl (C=O) groups is 1. The molecule has 0 bridgehead atoms. The normalized spacial score (nSPS) is 23.0. The van der Waals surface area contributed by atoms with Crippen LogP contribution in [0.4, 0.5) is 13.2 Å². The Morgan fingerprint density at radius 1 is 1.24 bits per heavy atom. The van der Waals surface area contributed by atoms with Gasteiger partial charge in [-0.05, 0) is 55.3 Å². The molecule has 0 amide bonds. The Hall–Kier alpha value is -1.56. The maximum atomic E-state index is 10.6. The number of halogens is 3. The third-order valence-electron chi connectivity index (χ3n) is 4.15. The molecule has 2 aliphatic carbocycles. The van der Waals surface area contributed by atoms with Gasteiger partial charge in [-0.15, -0.1) is 0 Å². The minimum Gasteiger partial charge on any atom is -0.475 e. The fourth-order valence-corrected chi connectivity index (χ4v) is 2.59. The first-order valence-electron chi connectivity index (χ1n) is 6.90. The standard InChI is InChI=1S/C13H17N.C2HF3O2/c1-14-13-7-12(8-13)11-5-3-9-2-4-10(9)6-11;3-2(4,5)1(6)7/h3,5-6,12-14H,2,4,7-8H2,1H3;(H,6,7). The fraction of sp³-hybridized carbons (Fsp3) is 0.533. The predicted molar refractivity (Wildman–Crippen MR) is 72.4 cm³/mol. The third-order valence-corrected chi connectivity index (χ3v) is 4.15. The maximum absolute atomic E-state index is 10.6. The van der Waals surface area contributed by atoms with Gasteiger partial charge in [-0.3, -0.25) is 0 Å². The lowest BCUT2D eigenvalue weighted by Crippen LogP contribution is -2.37. The molecule has 0 heterocycles. The topological polar surface area (TPSA) is 49.3 Å². The lowest BCUT2D eigenvalue weighted by atomic mass is 9.74. The van der Waals surface area contributed by atoms with E-state index in [0.717, 1.165) is 12.0 Å². The van der Waals surface area contributed by atoms with Crippen molar-refractivity contribution in [2.45, 2.75) is 43.8 Å². The largest absolute Gasteiger partial charge is 0.490 e. The van der Waals surface area contributed by atoms with E-state index in [2.05, 4.69) is 30.6 Å². The summed E-state index contributed by atoms with van der Waals surface area (Å²) in [5, 5.41) is 10.5. The van der Waals surface area contributed by atoms with Gasteiger partial charge >= 0.3 is 12.1 Å². The summed E-state index contributed by atoms with van der Waals surface area (Å²) in [4.78, 5) is 8.90. The fourth-order valence-electron chi connectivity index (χ4n) is 2.59. The van der Waals surface area contributed by atoms with Crippen LogP contribution in [0.15, 0.2) is 18.2 Å². The van der Waals surface area contributed by atoms with Crippen LogP contribution in [-0.4, -0.2) is 30.3 Å². The molecule has 0 saturated heterocycles. The van der Waals surface area contributed by atoms with E-state index < -0.39 is 12.1 Å². The van der Waals surface area contributed by atoms with Crippen molar-refractivity contribution in [3.8, 4) is 0 Å². The molecule has 21 heavy (non-hydrogen) atoms. The van der Waals surface area contributed by atoms with Gasteiger partial charge in [-0.2, -0.15) is 13.2 Å². The summed E-state index contributed by atoms with van der Waals surface area (Å²) in [6.07, 6.45) is 0.190. The molecule has 1 saturated carbocycles. The minimum atomic E-state index is -5.08. The number of hydrogen-bond donors (Lipinski definition) is 2. The van der Waals surface area contributed by atoms with Gasteiger partial charge in [0.15, 0.2) is 0 Å². The molecule has 0 aliphatic heterocycles. The highest BCUT2D eigenvalue weighted by atomic mass is 19.4. The van der Waals surface area contributed by atoms with Crippen molar-refractivity contribution >= 4 is 5.97 Å². The monoisotopic (exact) mass is 301 g/mol. The summed E-state index contributed by atoms with van der Waals surface area (Å²) in [6.45, 7) is 0. The molecule has 0 atom stereocenters. The van der Waals surface area contributed by atoms with Gasteiger partial charge in [0.25, 0.3) is 0 Å². The van der Waals surface area contributed by atoms with Crippen LogP contribution in [0.2, 0.25) is 0 Å². The van der Waals surface area contributed by atoms with Crippen molar-refractivity contribution in [2.75, 3.05) is 7.05 Å². The molecule has 1 aromatic carbocycles. The molecule has 1 aromatic rings. The predicted octanol–water partition coefficient (Wildman–Crippen LogP) is 2.88. The van der Waals surface area contributed by atoms with Gasteiger partial charge in [0.2, 0.25) is 0 Å². The van der Waals surface area contributed by atoms with E-state index in [0.29, 0.717) is 0 Å². The average molecular weight is 301 g/mol. The molecule has 6 heteroatoms. The zero-order valence-corrected chi connectivity index (χ0v) is 11.7. The van der Waals surface area contributed by atoms with E-state index in [9.17, 15) is 13.2 Å². The van der Waals surface area contributed by atoms with Gasteiger partial charge in [0.05, 0.1) is 0 Å². The van der Waals surface area contributed by atoms with Crippen LogP contribution < -0.4 is 5.32 Å². The molecule has 0 spiro atoms. The van der Waals surface area contributed by atoms with Gasteiger partial charge in [0, 0.05) is 6.04 Å². The van der Waals surface area contributed by atoms with Crippen molar-refractivity contribution in [3.63, 3.8) is 0 Å². The average Bonchev–Trinajstić information content (AvgIpc) is 2.30. The van der Waals surface area contributed by atoms with Crippen molar-refractivity contribution in [2.24, 2.45) is 0 Å². The zero-order chi connectivity index (χ0) is 15.6. The number of alkyl halides is 3. The third kappa shape index (κ3) is 3.75. The molecule has 0 radical (unpaired) electrons.